The fourth-order valence-electron chi connectivity index (χ4n) is 1.85. The number of carbonyl (C=O) groups excluding carboxylic acids is 2. The van der Waals surface area contributed by atoms with Crippen molar-refractivity contribution in [3.8, 4) is 0 Å². The number of amides is 2. The SMILES string of the molecule is Cc1ccc(NC(=O)CCC(=O)Nc2nnc(C(C)(C)C)s2)cc1. The molecule has 0 aliphatic heterocycles. The van der Waals surface area contributed by atoms with Crippen LogP contribution in [0.15, 0.2) is 24.3 Å². The minimum atomic E-state index is -0.245. The molecule has 0 aliphatic rings. The Balaban J connectivity index is 1.79. The molecular weight excluding hydrogens is 324 g/mol. The molecule has 6 nitrogen and oxygen atoms in total. The fourth-order valence-corrected chi connectivity index (χ4v) is 2.66. The molecule has 0 aliphatic carbocycles. The van der Waals surface area contributed by atoms with E-state index in [0.29, 0.717) is 5.13 Å². The summed E-state index contributed by atoms with van der Waals surface area (Å²) in [5, 5.41) is 14.8. The maximum atomic E-state index is 11.9. The van der Waals surface area contributed by atoms with Gasteiger partial charge in [-0.2, -0.15) is 0 Å². The first kappa shape index (κ1) is 18.1. The van der Waals surface area contributed by atoms with Crippen LogP contribution in [0, 0.1) is 6.92 Å². The standard InChI is InChI=1S/C17H22N4O2S/c1-11-5-7-12(8-6-11)18-13(22)9-10-14(23)19-16-21-20-15(24-16)17(2,3)4/h5-8H,9-10H2,1-4H3,(H,18,22)(H,19,21,23). The Kier molecular flexibility index (Phi) is 5.66. The average molecular weight is 346 g/mol. The number of hydrogen-bond donors (Lipinski definition) is 2. The number of rotatable bonds is 5. The second-order valence-corrected chi connectivity index (χ2v) is 7.60. The number of nitrogens with one attached hydrogen (secondary N) is 2. The molecule has 2 aromatic rings. The Morgan fingerprint density at radius 1 is 1.00 bits per heavy atom. The molecule has 0 bridgehead atoms. The number of hydrogen-bond acceptors (Lipinski definition) is 5. The van der Waals surface area contributed by atoms with E-state index in [2.05, 4.69) is 20.8 Å². The third-order valence-corrected chi connectivity index (χ3v) is 4.49. The second-order valence-electron chi connectivity index (χ2n) is 6.62. The van der Waals surface area contributed by atoms with Gasteiger partial charge < -0.3 is 10.6 Å². The van der Waals surface area contributed by atoms with E-state index in [-0.39, 0.29) is 30.1 Å². The molecule has 0 saturated heterocycles. The molecular formula is C17H22N4O2S. The lowest BCUT2D eigenvalue weighted by molar-refractivity contribution is -0.121. The first-order valence-electron chi connectivity index (χ1n) is 7.74. The molecule has 0 fully saturated rings. The Morgan fingerprint density at radius 3 is 2.12 bits per heavy atom. The van der Waals surface area contributed by atoms with E-state index in [9.17, 15) is 9.59 Å². The summed E-state index contributed by atoms with van der Waals surface area (Å²) in [6.45, 7) is 8.09. The van der Waals surface area contributed by atoms with Crippen LogP contribution >= 0.6 is 11.3 Å². The molecule has 128 valence electrons. The summed E-state index contributed by atoms with van der Waals surface area (Å²) in [6.07, 6.45) is 0.215. The number of anilines is 2. The van der Waals surface area contributed by atoms with Crippen molar-refractivity contribution in [2.24, 2.45) is 0 Å². The van der Waals surface area contributed by atoms with Gasteiger partial charge in [-0.1, -0.05) is 49.8 Å². The Morgan fingerprint density at radius 2 is 1.58 bits per heavy atom. The Hall–Kier alpha value is -2.28. The van der Waals surface area contributed by atoms with Crippen molar-refractivity contribution < 1.29 is 9.59 Å². The Labute approximate surface area is 145 Å². The van der Waals surface area contributed by atoms with Gasteiger partial charge in [0.15, 0.2) is 0 Å². The third kappa shape index (κ3) is 5.42. The van der Waals surface area contributed by atoms with Crippen molar-refractivity contribution in [3.05, 3.63) is 34.8 Å². The fraction of sp³-hybridized carbons (Fsp3) is 0.412. The minimum absolute atomic E-state index is 0.0993. The topological polar surface area (TPSA) is 84.0 Å². The normalized spacial score (nSPS) is 11.2. The smallest absolute Gasteiger partial charge is 0.226 e. The molecule has 2 rings (SSSR count). The largest absolute Gasteiger partial charge is 0.326 e. The van der Waals surface area contributed by atoms with Gasteiger partial charge in [-0.05, 0) is 19.1 Å². The number of benzene rings is 1. The summed E-state index contributed by atoms with van der Waals surface area (Å²) in [5.74, 6) is -0.438. The second kappa shape index (κ2) is 7.53. The minimum Gasteiger partial charge on any atom is -0.326 e. The van der Waals surface area contributed by atoms with Gasteiger partial charge in [-0.15, -0.1) is 10.2 Å². The lowest BCUT2D eigenvalue weighted by atomic mass is 9.98. The summed E-state index contributed by atoms with van der Waals surface area (Å²) in [7, 11) is 0. The first-order chi connectivity index (χ1) is 11.2. The van der Waals surface area contributed by atoms with Gasteiger partial charge in [0.1, 0.15) is 5.01 Å². The predicted octanol–water partition coefficient (Wildman–Crippen LogP) is 3.50. The van der Waals surface area contributed by atoms with E-state index >= 15 is 0 Å². The lowest BCUT2D eigenvalue weighted by Crippen LogP contribution is -2.17. The summed E-state index contributed by atoms with van der Waals surface area (Å²) >= 11 is 1.35. The van der Waals surface area contributed by atoms with Gasteiger partial charge in [-0.25, -0.2) is 0 Å². The van der Waals surface area contributed by atoms with Crippen LogP contribution in [-0.4, -0.2) is 22.0 Å². The molecule has 1 aromatic heterocycles. The number of carbonyl (C=O) groups is 2. The number of aromatic nitrogens is 2. The Bertz CT molecular complexity index is 717. The highest BCUT2D eigenvalue weighted by Crippen LogP contribution is 2.27. The van der Waals surface area contributed by atoms with Gasteiger partial charge >= 0.3 is 0 Å². The first-order valence-corrected chi connectivity index (χ1v) is 8.56. The molecule has 24 heavy (non-hydrogen) atoms. The molecule has 7 heteroatoms. The van der Waals surface area contributed by atoms with Crippen molar-refractivity contribution in [2.45, 2.75) is 46.0 Å². The molecule has 0 atom stereocenters. The zero-order chi connectivity index (χ0) is 17.7. The average Bonchev–Trinajstić information content (AvgIpc) is 2.96. The molecule has 2 N–H and O–H groups in total. The van der Waals surface area contributed by atoms with Crippen molar-refractivity contribution >= 4 is 34.0 Å². The van der Waals surface area contributed by atoms with Crippen LogP contribution in [-0.2, 0) is 15.0 Å². The van der Waals surface area contributed by atoms with E-state index in [0.717, 1.165) is 16.3 Å². The van der Waals surface area contributed by atoms with E-state index in [1.807, 2.05) is 52.0 Å². The molecule has 0 unspecified atom stereocenters. The van der Waals surface area contributed by atoms with E-state index < -0.39 is 0 Å². The zero-order valence-corrected chi connectivity index (χ0v) is 15.2. The van der Waals surface area contributed by atoms with E-state index in [1.165, 1.54) is 11.3 Å². The van der Waals surface area contributed by atoms with Crippen molar-refractivity contribution in [3.63, 3.8) is 0 Å². The molecule has 2 amide bonds. The third-order valence-electron chi connectivity index (χ3n) is 3.23. The molecule has 0 radical (unpaired) electrons. The van der Waals surface area contributed by atoms with Gasteiger partial charge in [0.05, 0.1) is 0 Å². The summed E-state index contributed by atoms with van der Waals surface area (Å²) in [6, 6.07) is 7.51. The van der Waals surface area contributed by atoms with Crippen molar-refractivity contribution in [1.29, 1.82) is 0 Å². The molecule has 1 aromatic carbocycles. The zero-order valence-electron chi connectivity index (χ0n) is 14.3. The van der Waals surface area contributed by atoms with Crippen LogP contribution in [0.25, 0.3) is 0 Å². The highest BCUT2D eigenvalue weighted by atomic mass is 32.1. The molecule has 0 spiro atoms. The van der Waals surface area contributed by atoms with Crippen LogP contribution in [0.1, 0.15) is 44.2 Å². The number of aryl methyl sites for hydroxylation is 1. The number of nitrogens with zero attached hydrogens (tertiary/aromatic N) is 2. The summed E-state index contributed by atoms with van der Waals surface area (Å²) in [5.41, 5.74) is 1.75. The maximum Gasteiger partial charge on any atom is 0.226 e. The molecule has 1 heterocycles. The van der Waals surface area contributed by atoms with Crippen molar-refractivity contribution in [1.82, 2.24) is 10.2 Å². The highest BCUT2D eigenvalue weighted by molar-refractivity contribution is 7.15. The van der Waals surface area contributed by atoms with Gasteiger partial charge in [-0.3, -0.25) is 9.59 Å². The van der Waals surface area contributed by atoms with Gasteiger partial charge in [0, 0.05) is 23.9 Å². The quantitative estimate of drug-likeness (QED) is 0.868. The van der Waals surface area contributed by atoms with Gasteiger partial charge in [0.25, 0.3) is 0 Å². The summed E-state index contributed by atoms with van der Waals surface area (Å²) in [4.78, 5) is 23.8. The van der Waals surface area contributed by atoms with Crippen molar-refractivity contribution in [2.75, 3.05) is 10.6 Å². The monoisotopic (exact) mass is 346 g/mol. The van der Waals surface area contributed by atoms with Gasteiger partial charge in [0.2, 0.25) is 16.9 Å². The summed E-state index contributed by atoms with van der Waals surface area (Å²) < 4.78 is 0. The predicted molar refractivity (Wildman–Crippen MR) is 96.3 cm³/mol. The van der Waals surface area contributed by atoms with Crippen LogP contribution in [0.2, 0.25) is 0 Å². The van der Waals surface area contributed by atoms with Crippen LogP contribution in [0.5, 0.6) is 0 Å². The van der Waals surface area contributed by atoms with Crippen LogP contribution in [0.4, 0.5) is 10.8 Å². The molecule has 0 saturated carbocycles. The van der Waals surface area contributed by atoms with E-state index in [1.54, 1.807) is 0 Å². The maximum absolute atomic E-state index is 11.9. The van der Waals surface area contributed by atoms with Crippen LogP contribution in [0.3, 0.4) is 0 Å². The lowest BCUT2D eigenvalue weighted by Gasteiger charge is -2.12. The van der Waals surface area contributed by atoms with E-state index in [4.69, 9.17) is 0 Å². The van der Waals surface area contributed by atoms with Crippen LogP contribution < -0.4 is 10.6 Å². The highest BCUT2D eigenvalue weighted by Gasteiger charge is 2.20.